The van der Waals surface area contributed by atoms with Crippen LogP contribution in [0.4, 0.5) is 5.69 Å². The number of phenols is 1. The third-order valence-corrected chi connectivity index (χ3v) is 4.15. The number of anilines is 1. The number of ether oxygens (including phenoxy) is 3. The summed E-state index contributed by atoms with van der Waals surface area (Å²) >= 11 is 0. The molecule has 26 heavy (non-hydrogen) atoms. The Balaban J connectivity index is 1.65. The first-order valence-electron chi connectivity index (χ1n) is 8.59. The van der Waals surface area contributed by atoms with Crippen LogP contribution in [0.3, 0.4) is 0 Å². The summed E-state index contributed by atoms with van der Waals surface area (Å²) in [5.74, 6) is 0.320. The van der Waals surface area contributed by atoms with E-state index in [2.05, 4.69) is 5.32 Å². The number of carbonyl (C=O) groups is 1. The fourth-order valence-electron chi connectivity index (χ4n) is 2.83. The molecule has 3 rings (SSSR count). The topological polar surface area (TPSA) is 77.0 Å². The largest absolute Gasteiger partial charge is 0.506 e. The number of para-hydroxylation sites is 1. The normalized spacial score (nSPS) is 14.8. The molecule has 2 aromatic rings. The molecule has 6 heteroatoms. The molecule has 2 N–H and O–H groups in total. The van der Waals surface area contributed by atoms with E-state index in [-0.39, 0.29) is 18.3 Å². The van der Waals surface area contributed by atoms with Crippen LogP contribution < -0.4 is 10.1 Å². The Morgan fingerprint density at radius 2 is 1.88 bits per heavy atom. The quantitative estimate of drug-likeness (QED) is 0.802. The smallest absolute Gasteiger partial charge is 0.262 e. The summed E-state index contributed by atoms with van der Waals surface area (Å²) in [6.45, 7) is 4.96. The van der Waals surface area contributed by atoms with Crippen LogP contribution in [-0.2, 0) is 14.3 Å². The second-order valence-electron chi connectivity index (χ2n) is 6.26. The molecule has 1 fully saturated rings. The molecule has 0 spiro atoms. The van der Waals surface area contributed by atoms with Gasteiger partial charge in [0.2, 0.25) is 0 Å². The van der Waals surface area contributed by atoms with Crippen molar-refractivity contribution in [2.45, 2.75) is 26.6 Å². The molecule has 6 nitrogen and oxygen atoms in total. The molecular weight excluding hydrogens is 334 g/mol. The van der Waals surface area contributed by atoms with Crippen LogP contribution in [-0.4, -0.2) is 30.8 Å². The third-order valence-electron chi connectivity index (χ3n) is 4.15. The molecule has 1 heterocycles. The van der Waals surface area contributed by atoms with Crippen molar-refractivity contribution < 1.29 is 24.1 Å². The molecular formula is C20H23NO5. The molecule has 1 saturated heterocycles. The van der Waals surface area contributed by atoms with E-state index in [1.165, 1.54) is 6.07 Å². The highest BCUT2D eigenvalue weighted by atomic mass is 16.7. The number of aromatic hydroxyl groups is 1. The minimum Gasteiger partial charge on any atom is -0.506 e. The van der Waals surface area contributed by atoms with E-state index in [9.17, 15) is 9.90 Å². The van der Waals surface area contributed by atoms with Crippen LogP contribution in [0, 0.1) is 13.8 Å². The maximum absolute atomic E-state index is 12.2. The number of nitrogens with one attached hydrogen (secondary N) is 1. The van der Waals surface area contributed by atoms with Gasteiger partial charge in [0.15, 0.2) is 12.9 Å². The summed E-state index contributed by atoms with van der Waals surface area (Å²) in [7, 11) is 0. The molecule has 1 aliphatic rings. The molecule has 138 valence electrons. The molecule has 0 aliphatic carbocycles. The zero-order valence-corrected chi connectivity index (χ0v) is 15.0. The minimum absolute atomic E-state index is 0.0232. The fourth-order valence-corrected chi connectivity index (χ4v) is 2.83. The highest BCUT2D eigenvalue weighted by Crippen LogP contribution is 2.30. The van der Waals surface area contributed by atoms with Gasteiger partial charge in [0, 0.05) is 5.56 Å². The highest BCUT2D eigenvalue weighted by Gasteiger charge is 2.18. The number of carbonyl (C=O) groups excluding carboxylic acids is 1. The molecule has 0 unspecified atom stereocenters. The lowest BCUT2D eigenvalue weighted by atomic mass is 10.1. The Hall–Kier alpha value is -2.57. The van der Waals surface area contributed by atoms with E-state index in [0.717, 1.165) is 23.1 Å². The summed E-state index contributed by atoms with van der Waals surface area (Å²) in [4.78, 5) is 12.2. The first-order valence-corrected chi connectivity index (χ1v) is 8.59. The average Bonchev–Trinajstić information content (AvgIpc) is 2.64. The SMILES string of the molecule is Cc1cccc(C)c1OCC(=O)Nc1cc(C2OCCCO2)ccc1O. The zero-order valence-electron chi connectivity index (χ0n) is 15.0. The van der Waals surface area contributed by atoms with E-state index in [4.69, 9.17) is 14.2 Å². The molecule has 0 aromatic heterocycles. The third kappa shape index (κ3) is 4.33. The Morgan fingerprint density at radius 1 is 1.19 bits per heavy atom. The number of hydrogen-bond acceptors (Lipinski definition) is 5. The van der Waals surface area contributed by atoms with Crippen LogP contribution in [0.1, 0.15) is 29.4 Å². The highest BCUT2D eigenvalue weighted by molar-refractivity contribution is 5.93. The molecule has 1 amide bonds. The van der Waals surface area contributed by atoms with Crippen molar-refractivity contribution in [3.63, 3.8) is 0 Å². The minimum atomic E-state index is -0.481. The molecule has 2 aromatic carbocycles. The first kappa shape index (κ1) is 18.2. The van der Waals surface area contributed by atoms with Crippen molar-refractivity contribution in [1.82, 2.24) is 0 Å². The standard InChI is InChI=1S/C20H23NO5/c1-13-5-3-6-14(2)19(13)26-12-18(23)21-16-11-15(7-8-17(16)22)20-24-9-4-10-25-20/h3,5-8,11,20,22H,4,9-10,12H2,1-2H3,(H,21,23). The van der Waals surface area contributed by atoms with Crippen LogP contribution in [0.2, 0.25) is 0 Å². The van der Waals surface area contributed by atoms with Gasteiger partial charge in [0.25, 0.3) is 5.91 Å². The van der Waals surface area contributed by atoms with Crippen LogP contribution in [0.5, 0.6) is 11.5 Å². The summed E-state index contributed by atoms with van der Waals surface area (Å²) < 4.78 is 16.8. The molecule has 0 saturated carbocycles. The van der Waals surface area contributed by atoms with Crippen LogP contribution in [0.15, 0.2) is 36.4 Å². The van der Waals surface area contributed by atoms with Crippen molar-refractivity contribution in [1.29, 1.82) is 0 Å². The van der Waals surface area contributed by atoms with Gasteiger partial charge in [-0.1, -0.05) is 24.3 Å². The number of amides is 1. The monoisotopic (exact) mass is 357 g/mol. The molecule has 0 radical (unpaired) electrons. The maximum Gasteiger partial charge on any atom is 0.262 e. The first-order chi connectivity index (χ1) is 12.5. The van der Waals surface area contributed by atoms with Crippen molar-refractivity contribution >= 4 is 11.6 Å². The van der Waals surface area contributed by atoms with Crippen LogP contribution in [0.25, 0.3) is 0 Å². The lowest BCUT2D eigenvalue weighted by Crippen LogP contribution is -2.21. The number of aryl methyl sites for hydroxylation is 2. The maximum atomic E-state index is 12.2. The predicted molar refractivity (Wildman–Crippen MR) is 97.4 cm³/mol. The van der Waals surface area contributed by atoms with E-state index >= 15 is 0 Å². The van der Waals surface area contributed by atoms with Gasteiger partial charge in [0.05, 0.1) is 18.9 Å². The van der Waals surface area contributed by atoms with Gasteiger partial charge >= 0.3 is 0 Å². The molecule has 0 atom stereocenters. The van der Waals surface area contributed by atoms with E-state index < -0.39 is 6.29 Å². The Labute approximate surface area is 152 Å². The Bertz CT molecular complexity index is 764. The number of benzene rings is 2. The van der Waals surface area contributed by atoms with Crippen molar-refractivity contribution in [3.8, 4) is 11.5 Å². The van der Waals surface area contributed by atoms with E-state index in [1.807, 2.05) is 32.0 Å². The molecule has 1 aliphatic heterocycles. The number of rotatable bonds is 5. The van der Waals surface area contributed by atoms with Crippen molar-refractivity contribution in [2.75, 3.05) is 25.1 Å². The predicted octanol–water partition coefficient (Wildman–Crippen LogP) is 3.46. The van der Waals surface area contributed by atoms with Gasteiger partial charge in [-0.25, -0.2) is 0 Å². The van der Waals surface area contributed by atoms with Gasteiger partial charge in [-0.05, 0) is 43.5 Å². The summed E-state index contributed by atoms with van der Waals surface area (Å²) in [5.41, 5.74) is 2.98. The van der Waals surface area contributed by atoms with Gasteiger partial charge < -0.3 is 24.6 Å². The number of phenolic OH excluding ortho intramolecular Hbond substituents is 1. The summed E-state index contributed by atoms with van der Waals surface area (Å²) in [5, 5.41) is 12.7. The van der Waals surface area contributed by atoms with Gasteiger partial charge in [-0.15, -0.1) is 0 Å². The van der Waals surface area contributed by atoms with Crippen molar-refractivity contribution in [2.24, 2.45) is 0 Å². The fraction of sp³-hybridized carbons (Fsp3) is 0.350. The Morgan fingerprint density at radius 3 is 2.58 bits per heavy atom. The summed E-state index contributed by atoms with van der Waals surface area (Å²) in [6, 6.07) is 10.7. The second-order valence-corrected chi connectivity index (χ2v) is 6.26. The van der Waals surface area contributed by atoms with Gasteiger partial charge in [-0.3, -0.25) is 4.79 Å². The van der Waals surface area contributed by atoms with Gasteiger partial charge in [0.1, 0.15) is 11.5 Å². The lowest BCUT2D eigenvalue weighted by molar-refractivity contribution is -0.183. The zero-order chi connectivity index (χ0) is 18.5. The van der Waals surface area contributed by atoms with Crippen molar-refractivity contribution in [3.05, 3.63) is 53.1 Å². The molecule has 0 bridgehead atoms. The lowest BCUT2D eigenvalue weighted by Gasteiger charge is -2.24. The average molecular weight is 357 g/mol. The van der Waals surface area contributed by atoms with E-state index in [0.29, 0.717) is 24.7 Å². The summed E-state index contributed by atoms with van der Waals surface area (Å²) in [6.07, 6.45) is 0.374. The van der Waals surface area contributed by atoms with Gasteiger partial charge in [-0.2, -0.15) is 0 Å². The van der Waals surface area contributed by atoms with Crippen LogP contribution >= 0.6 is 0 Å². The Kier molecular flexibility index (Phi) is 5.75. The second kappa shape index (κ2) is 8.21. The van der Waals surface area contributed by atoms with E-state index in [1.54, 1.807) is 12.1 Å². The number of hydrogen-bond donors (Lipinski definition) is 2.